The van der Waals surface area contributed by atoms with Crippen molar-refractivity contribution in [3.63, 3.8) is 0 Å². The average Bonchev–Trinajstić information content (AvgIpc) is 2.83. The molecule has 0 aliphatic carbocycles. The summed E-state index contributed by atoms with van der Waals surface area (Å²) in [6.45, 7) is 4.28. The number of hydrogen-bond donors (Lipinski definition) is 0. The van der Waals surface area contributed by atoms with E-state index in [-0.39, 0.29) is 0 Å². The molecule has 0 amide bonds. The van der Waals surface area contributed by atoms with Crippen LogP contribution in [0.2, 0.25) is 0 Å². The third-order valence-electron chi connectivity index (χ3n) is 2.62. The van der Waals surface area contributed by atoms with E-state index >= 15 is 0 Å². The van der Waals surface area contributed by atoms with Crippen LogP contribution in [-0.4, -0.2) is 11.7 Å². The summed E-state index contributed by atoms with van der Waals surface area (Å²) in [4.78, 5) is 10.9. The van der Waals surface area contributed by atoms with E-state index in [4.69, 9.17) is 4.74 Å². The molecule has 5 nitrogen and oxygen atoms in total. The summed E-state index contributed by atoms with van der Waals surface area (Å²) in [6.07, 6.45) is 1.75. The Kier molecular flexibility index (Phi) is 4.25. The molecular formula is C13H13N3O2S. The van der Waals surface area contributed by atoms with Crippen molar-refractivity contribution in [2.24, 2.45) is 10.4 Å². The molecule has 6 heteroatoms. The van der Waals surface area contributed by atoms with Crippen LogP contribution in [0.25, 0.3) is 11.3 Å². The van der Waals surface area contributed by atoms with Gasteiger partial charge in [-0.25, -0.2) is 0 Å². The second-order valence-electron chi connectivity index (χ2n) is 3.71. The maximum Gasteiger partial charge on any atom is 0.214 e. The van der Waals surface area contributed by atoms with Crippen molar-refractivity contribution in [1.82, 2.24) is 4.57 Å². The van der Waals surface area contributed by atoms with Crippen LogP contribution < -0.4 is 9.54 Å². The van der Waals surface area contributed by atoms with E-state index in [1.807, 2.05) is 34.2 Å². The third-order valence-corrected chi connectivity index (χ3v) is 3.48. The van der Waals surface area contributed by atoms with E-state index in [1.165, 1.54) is 11.3 Å². The lowest BCUT2D eigenvalue weighted by atomic mass is 10.1. The molecule has 19 heavy (non-hydrogen) atoms. The third kappa shape index (κ3) is 2.79. The fraction of sp³-hybridized carbons (Fsp3) is 0.154. The lowest BCUT2D eigenvalue weighted by molar-refractivity contribution is 0.415. The highest BCUT2D eigenvalue weighted by molar-refractivity contribution is 7.07. The number of rotatable bonds is 5. The Labute approximate surface area is 114 Å². The van der Waals surface area contributed by atoms with Crippen molar-refractivity contribution in [1.29, 1.82) is 0 Å². The van der Waals surface area contributed by atoms with Gasteiger partial charge in [0.2, 0.25) is 4.80 Å². The van der Waals surface area contributed by atoms with Gasteiger partial charge in [0.05, 0.1) is 18.1 Å². The number of allylic oxidation sites excluding steroid dienone is 1. The number of nitroso groups, excluding NO2 is 1. The first-order valence-electron chi connectivity index (χ1n) is 5.60. The quantitative estimate of drug-likeness (QED) is 0.478. The minimum Gasteiger partial charge on any atom is -0.497 e. The van der Waals surface area contributed by atoms with Crippen molar-refractivity contribution in [3.8, 4) is 17.0 Å². The Morgan fingerprint density at radius 2 is 2.16 bits per heavy atom. The highest BCUT2D eigenvalue weighted by Crippen LogP contribution is 2.23. The molecule has 2 rings (SSSR count). The van der Waals surface area contributed by atoms with Crippen LogP contribution in [0.5, 0.6) is 5.75 Å². The van der Waals surface area contributed by atoms with Crippen LogP contribution in [0.3, 0.4) is 0 Å². The van der Waals surface area contributed by atoms with E-state index in [9.17, 15) is 4.91 Å². The molecule has 0 saturated carbocycles. The van der Waals surface area contributed by atoms with Gasteiger partial charge in [0.25, 0.3) is 0 Å². The van der Waals surface area contributed by atoms with Gasteiger partial charge >= 0.3 is 0 Å². The van der Waals surface area contributed by atoms with E-state index in [0.29, 0.717) is 11.3 Å². The molecule has 1 aromatic heterocycles. The highest BCUT2D eigenvalue weighted by Gasteiger charge is 2.07. The largest absolute Gasteiger partial charge is 0.497 e. The number of thiazole rings is 1. The van der Waals surface area contributed by atoms with Crippen molar-refractivity contribution in [3.05, 3.63) is 52.0 Å². The molecule has 1 aromatic carbocycles. The molecule has 0 aliphatic heterocycles. The van der Waals surface area contributed by atoms with E-state index in [0.717, 1.165) is 17.0 Å². The van der Waals surface area contributed by atoms with Crippen LogP contribution >= 0.6 is 11.3 Å². The first kappa shape index (κ1) is 13.2. The second-order valence-corrected chi connectivity index (χ2v) is 4.55. The van der Waals surface area contributed by atoms with E-state index < -0.39 is 0 Å². The van der Waals surface area contributed by atoms with Crippen LogP contribution in [0.1, 0.15) is 0 Å². The summed E-state index contributed by atoms with van der Waals surface area (Å²) in [5, 5.41) is 8.12. The Balaban J connectivity index is 2.51. The van der Waals surface area contributed by atoms with Gasteiger partial charge in [0.1, 0.15) is 5.75 Å². The van der Waals surface area contributed by atoms with Gasteiger partial charge in [-0.1, -0.05) is 11.2 Å². The lowest BCUT2D eigenvalue weighted by Gasteiger charge is -2.06. The predicted molar refractivity (Wildman–Crippen MR) is 75.9 cm³/mol. The topological polar surface area (TPSA) is 55.9 Å². The zero-order valence-corrected chi connectivity index (χ0v) is 11.3. The highest BCUT2D eigenvalue weighted by atomic mass is 32.1. The molecule has 0 radical (unpaired) electrons. The van der Waals surface area contributed by atoms with Crippen LogP contribution in [0.4, 0.5) is 0 Å². The summed E-state index contributed by atoms with van der Waals surface area (Å²) in [6, 6.07) is 7.69. The number of aromatic nitrogens is 1. The Morgan fingerprint density at radius 3 is 2.74 bits per heavy atom. The van der Waals surface area contributed by atoms with Gasteiger partial charge < -0.3 is 9.30 Å². The van der Waals surface area contributed by atoms with Gasteiger partial charge in [-0.3, -0.25) is 0 Å². The molecule has 2 aromatic rings. The van der Waals surface area contributed by atoms with Gasteiger partial charge in [-0.2, -0.15) is 0 Å². The van der Waals surface area contributed by atoms with Crippen molar-refractivity contribution < 1.29 is 4.74 Å². The normalized spacial score (nSPS) is 11.3. The first-order chi connectivity index (χ1) is 9.30. The standard InChI is InChI=1S/C13H13N3O2S/c1-3-8-16-12(9-19-13(16)14-15-17)10-4-6-11(18-2)7-5-10/h3-7,9H,1,8H2,2H3/b14-13-. The number of methoxy groups -OCH3 is 1. The summed E-state index contributed by atoms with van der Waals surface area (Å²) in [5.74, 6) is 0.800. The maximum atomic E-state index is 10.3. The first-order valence-corrected chi connectivity index (χ1v) is 6.48. The monoisotopic (exact) mass is 275 g/mol. The van der Waals surface area contributed by atoms with Gasteiger partial charge in [0.15, 0.2) is 0 Å². The lowest BCUT2D eigenvalue weighted by Crippen LogP contribution is -2.14. The Morgan fingerprint density at radius 1 is 1.42 bits per heavy atom. The smallest absolute Gasteiger partial charge is 0.214 e. The van der Waals surface area contributed by atoms with Crippen LogP contribution in [0, 0.1) is 4.91 Å². The fourth-order valence-electron chi connectivity index (χ4n) is 1.74. The van der Waals surface area contributed by atoms with Crippen molar-refractivity contribution in [2.45, 2.75) is 6.54 Å². The van der Waals surface area contributed by atoms with E-state index in [1.54, 1.807) is 13.2 Å². The maximum absolute atomic E-state index is 10.3. The molecule has 1 heterocycles. The molecular weight excluding hydrogens is 262 g/mol. The Bertz CT molecular complexity index is 641. The number of ether oxygens (including phenoxy) is 1. The molecule has 0 N–H and O–H groups in total. The molecule has 0 bridgehead atoms. The molecule has 0 saturated heterocycles. The summed E-state index contributed by atoms with van der Waals surface area (Å²) in [5.41, 5.74) is 1.99. The zero-order valence-electron chi connectivity index (χ0n) is 10.4. The zero-order chi connectivity index (χ0) is 13.7. The number of benzene rings is 1. The van der Waals surface area contributed by atoms with Gasteiger partial charge in [-0.05, 0) is 29.8 Å². The Hall–Kier alpha value is -2.21. The molecule has 98 valence electrons. The summed E-state index contributed by atoms with van der Waals surface area (Å²) < 4.78 is 7.02. The molecule has 0 unspecified atom stereocenters. The van der Waals surface area contributed by atoms with Crippen LogP contribution in [-0.2, 0) is 6.54 Å². The minimum absolute atomic E-state index is 0.556. The number of nitrogens with zero attached hydrogens (tertiary/aromatic N) is 3. The van der Waals surface area contributed by atoms with Gasteiger partial charge in [-0.15, -0.1) is 22.8 Å². The molecule has 0 spiro atoms. The molecule has 0 fully saturated rings. The van der Waals surface area contributed by atoms with Crippen molar-refractivity contribution >= 4 is 11.3 Å². The predicted octanol–water partition coefficient (Wildman–Crippen LogP) is 2.99. The minimum atomic E-state index is 0.556. The molecule has 0 atom stereocenters. The summed E-state index contributed by atoms with van der Waals surface area (Å²) >= 11 is 1.37. The second kappa shape index (κ2) is 6.10. The van der Waals surface area contributed by atoms with Gasteiger partial charge in [0, 0.05) is 11.9 Å². The molecule has 0 aliphatic rings. The van der Waals surface area contributed by atoms with Crippen LogP contribution in [0.15, 0.2) is 52.7 Å². The summed E-state index contributed by atoms with van der Waals surface area (Å²) in [7, 11) is 1.63. The average molecular weight is 275 g/mol. The van der Waals surface area contributed by atoms with E-state index in [2.05, 4.69) is 17.0 Å². The van der Waals surface area contributed by atoms with Crippen molar-refractivity contribution in [2.75, 3.05) is 7.11 Å². The number of hydrogen-bond acceptors (Lipinski definition) is 4. The SMILES string of the molecule is C=CCn1c(-c2ccc(OC)cc2)cs/c1=N\N=O. The fourth-order valence-corrected chi connectivity index (χ4v) is 2.60.